The van der Waals surface area contributed by atoms with Crippen molar-refractivity contribution in [2.45, 2.75) is 38.3 Å². The highest BCUT2D eigenvalue weighted by Gasteiger charge is 2.35. The van der Waals surface area contributed by atoms with E-state index in [1.807, 2.05) is 48.5 Å². The van der Waals surface area contributed by atoms with Gasteiger partial charge in [-0.2, -0.15) is 0 Å². The van der Waals surface area contributed by atoms with Gasteiger partial charge in [0.15, 0.2) is 0 Å². The van der Waals surface area contributed by atoms with Crippen LogP contribution in [0.25, 0.3) is 0 Å². The quantitative estimate of drug-likeness (QED) is 0.555. The van der Waals surface area contributed by atoms with Crippen LogP contribution in [0.3, 0.4) is 0 Å². The van der Waals surface area contributed by atoms with Gasteiger partial charge >= 0.3 is 5.97 Å². The van der Waals surface area contributed by atoms with Crippen molar-refractivity contribution >= 4 is 17.3 Å². The highest BCUT2D eigenvalue weighted by molar-refractivity contribution is 7.10. The average molecular weight is 408 g/mol. The molecule has 2 unspecified atom stereocenters. The van der Waals surface area contributed by atoms with Crippen LogP contribution in [0.15, 0.2) is 66.0 Å². The van der Waals surface area contributed by atoms with Crippen molar-refractivity contribution in [2.75, 3.05) is 6.54 Å². The predicted molar refractivity (Wildman–Crippen MR) is 116 cm³/mol. The lowest BCUT2D eigenvalue weighted by molar-refractivity contribution is -0.145. The number of aryl methyl sites for hydroxylation is 1. The third-order valence-electron chi connectivity index (χ3n) is 5.33. The van der Waals surface area contributed by atoms with Crippen molar-refractivity contribution in [2.24, 2.45) is 0 Å². The number of nitrogens with zero attached hydrogens (tertiary/aromatic N) is 1. The summed E-state index contributed by atoms with van der Waals surface area (Å²) in [5.41, 5.74) is 2.27. The lowest BCUT2D eigenvalue weighted by Gasteiger charge is -2.39. The number of piperidine rings is 1. The van der Waals surface area contributed by atoms with Crippen LogP contribution in [0.5, 0.6) is 11.5 Å². The van der Waals surface area contributed by atoms with Gasteiger partial charge in [0, 0.05) is 4.88 Å². The van der Waals surface area contributed by atoms with Gasteiger partial charge in [0.2, 0.25) is 0 Å². The number of benzene rings is 2. The molecule has 4 rings (SSSR count). The molecule has 1 saturated heterocycles. The topological polar surface area (TPSA) is 49.8 Å². The molecule has 0 amide bonds. The van der Waals surface area contributed by atoms with E-state index in [4.69, 9.17) is 4.74 Å². The second-order valence-corrected chi connectivity index (χ2v) is 8.45. The van der Waals surface area contributed by atoms with Gasteiger partial charge in [-0.05, 0) is 73.1 Å². The number of aliphatic carboxylic acids is 1. The second-order valence-electron chi connectivity index (χ2n) is 7.50. The molecule has 1 aliphatic heterocycles. The van der Waals surface area contributed by atoms with Crippen molar-refractivity contribution in [1.82, 2.24) is 4.90 Å². The number of carboxylic acid groups (broad SMARTS) is 1. The highest BCUT2D eigenvalue weighted by Crippen LogP contribution is 2.38. The van der Waals surface area contributed by atoms with Crippen LogP contribution in [-0.4, -0.2) is 28.6 Å². The summed E-state index contributed by atoms with van der Waals surface area (Å²) in [5, 5.41) is 12.0. The molecule has 150 valence electrons. The summed E-state index contributed by atoms with van der Waals surface area (Å²) in [6.07, 6.45) is 2.67. The number of carboxylic acids is 1. The number of hydrogen-bond acceptors (Lipinski definition) is 4. The Balaban J connectivity index is 1.71. The molecule has 0 saturated carbocycles. The minimum absolute atomic E-state index is 0.0885. The minimum atomic E-state index is -0.736. The fourth-order valence-corrected chi connectivity index (χ4v) is 5.06. The van der Waals surface area contributed by atoms with E-state index >= 15 is 0 Å². The zero-order valence-electron chi connectivity index (χ0n) is 16.5. The molecule has 2 aromatic carbocycles. The van der Waals surface area contributed by atoms with E-state index in [1.165, 1.54) is 10.4 Å². The molecule has 1 fully saturated rings. The van der Waals surface area contributed by atoms with E-state index in [0.717, 1.165) is 36.4 Å². The molecular weight excluding hydrogens is 382 g/mol. The number of carbonyl (C=O) groups is 1. The number of thiophene rings is 1. The molecule has 4 nitrogen and oxygen atoms in total. The number of likely N-dealkylation sites (tertiary alicyclic amines) is 1. The standard InChI is InChI=1S/C24H25NO3S/c1-17-14-22(29-16-17)23(25-13-6-5-12-21(25)24(26)27)18-8-7-11-20(15-18)28-19-9-3-2-4-10-19/h2-4,7-11,14-16,21,23H,5-6,12-13H2,1H3,(H,26,27). The van der Waals surface area contributed by atoms with Crippen molar-refractivity contribution in [3.8, 4) is 11.5 Å². The SMILES string of the molecule is Cc1csc(C(c2cccc(Oc3ccccc3)c2)N2CCCCC2C(=O)O)c1. The van der Waals surface area contributed by atoms with E-state index in [9.17, 15) is 9.90 Å². The Morgan fingerprint density at radius 1 is 1.10 bits per heavy atom. The first-order valence-electron chi connectivity index (χ1n) is 9.98. The lowest BCUT2D eigenvalue weighted by atomic mass is 9.95. The van der Waals surface area contributed by atoms with Crippen molar-refractivity contribution in [1.29, 1.82) is 0 Å². The van der Waals surface area contributed by atoms with Crippen LogP contribution < -0.4 is 4.74 Å². The van der Waals surface area contributed by atoms with Crippen molar-refractivity contribution < 1.29 is 14.6 Å². The molecule has 0 spiro atoms. The maximum Gasteiger partial charge on any atom is 0.320 e. The number of para-hydroxylation sites is 1. The molecule has 0 bridgehead atoms. The minimum Gasteiger partial charge on any atom is -0.480 e. The Kier molecular flexibility index (Phi) is 5.97. The fourth-order valence-electron chi connectivity index (χ4n) is 4.02. The number of rotatable bonds is 6. The summed E-state index contributed by atoms with van der Waals surface area (Å²) >= 11 is 1.69. The largest absolute Gasteiger partial charge is 0.480 e. The van der Waals surface area contributed by atoms with Crippen LogP contribution in [0.2, 0.25) is 0 Å². The second kappa shape index (κ2) is 8.80. The van der Waals surface area contributed by atoms with Gasteiger partial charge in [0.1, 0.15) is 17.5 Å². The smallest absolute Gasteiger partial charge is 0.320 e. The van der Waals surface area contributed by atoms with Gasteiger partial charge in [-0.15, -0.1) is 11.3 Å². The zero-order chi connectivity index (χ0) is 20.2. The molecule has 1 N–H and O–H groups in total. The number of ether oxygens (including phenoxy) is 1. The van der Waals surface area contributed by atoms with E-state index in [1.54, 1.807) is 11.3 Å². The maximum atomic E-state index is 12.0. The van der Waals surface area contributed by atoms with Gasteiger partial charge < -0.3 is 9.84 Å². The molecule has 5 heteroatoms. The Morgan fingerprint density at radius 3 is 2.62 bits per heavy atom. The average Bonchev–Trinajstić information content (AvgIpc) is 3.15. The first-order chi connectivity index (χ1) is 14.1. The van der Waals surface area contributed by atoms with Gasteiger partial charge in [0.05, 0.1) is 6.04 Å². The molecule has 2 atom stereocenters. The Morgan fingerprint density at radius 2 is 1.90 bits per heavy atom. The third kappa shape index (κ3) is 4.52. The molecule has 3 aromatic rings. The molecule has 29 heavy (non-hydrogen) atoms. The fraction of sp³-hybridized carbons (Fsp3) is 0.292. The van der Waals surface area contributed by atoms with Gasteiger partial charge in [0.25, 0.3) is 0 Å². The molecular formula is C24H25NO3S. The molecule has 0 aliphatic carbocycles. The van der Waals surface area contributed by atoms with Crippen LogP contribution in [0.1, 0.15) is 41.3 Å². The summed E-state index contributed by atoms with van der Waals surface area (Å²) in [5.74, 6) is 0.810. The molecule has 0 radical (unpaired) electrons. The van der Waals surface area contributed by atoms with Crippen LogP contribution in [0.4, 0.5) is 0 Å². The summed E-state index contributed by atoms with van der Waals surface area (Å²) < 4.78 is 6.04. The number of hydrogen-bond donors (Lipinski definition) is 1. The normalized spacial score (nSPS) is 18.3. The lowest BCUT2D eigenvalue weighted by Crippen LogP contribution is -2.46. The third-order valence-corrected chi connectivity index (χ3v) is 6.44. The van der Waals surface area contributed by atoms with E-state index < -0.39 is 12.0 Å². The Hall–Kier alpha value is -2.63. The molecule has 1 aromatic heterocycles. The summed E-state index contributed by atoms with van der Waals surface area (Å²) in [6, 6.07) is 19.4. The Bertz CT molecular complexity index is 969. The first kappa shape index (κ1) is 19.7. The van der Waals surface area contributed by atoms with Gasteiger partial charge in [-0.25, -0.2) is 0 Å². The van der Waals surface area contributed by atoms with E-state index in [0.29, 0.717) is 6.42 Å². The maximum absolute atomic E-state index is 12.0. The monoisotopic (exact) mass is 407 g/mol. The summed E-state index contributed by atoms with van der Waals surface area (Å²) in [7, 11) is 0. The van der Waals surface area contributed by atoms with Crippen molar-refractivity contribution in [3.05, 3.63) is 82.0 Å². The summed E-state index contributed by atoms with van der Waals surface area (Å²) in [4.78, 5) is 15.3. The van der Waals surface area contributed by atoms with Crippen LogP contribution >= 0.6 is 11.3 Å². The first-order valence-corrected chi connectivity index (χ1v) is 10.9. The van der Waals surface area contributed by atoms with E-state index in [2.05, 4.69) is 29.3 Å². The van der Waals surface area contributed by atoms with E-state index in [-0.39, 0.29) is 6.04 Å². The van der Waals surface area contributed by atoms with Gasteiger partial charge in [-0.1, -0.05) is 36.8 Å². The Labute approximate surface area is 175 Å². The van der Waals surface area contributed by atoms with Crippen LogP contribution in [-0.2, 0) is 4.79 Å². The predicted octanol–water partition coefficient (Wildman–Crippen LogP) is 5.88. The summed E-state index contributed by atoms with van der Waals surface area (Å²) in [6.45, 7) is 2.86. The molecule has 1 aliphatic rings. The molecule has 2 heterocycles. The van der Waals surface area contributed by atoms with Crippen LogP contribution in [0, 0.1) is 6.92 Å². The highest BCUT2D eigenvalue weighted by atomic mass is 32.1. The zero-order valence-corrected chi connectivity index (χ0v) is 17.3. The van der Waals surface area contributed by atoms with Crippen molar-refractivity contribution in [3.63, 3.8) is 0 Å². The van der Waals surface area contributed by atoms with Gasteiger partial charge in [-0.3, -0.25) is 9.69 Å².